The van der Waals surface area contributed by atoms with Crippen molar-refractivity contribution in [3.8, 4) is 0 Å². The fourth-order valence-electron chi connectivity index (χ4n) is 2.90. The molecule has 0 bridgehead atoms. The van der Waals surface area contributed by atoms with Crippen molar-refractivity contribution in [3.05, 3.63) is 29.3 Å². The molecule has 0 amide bonds. The molecule has 0 aliphatic heterocycles. The summed E-state index contributed by atoms with van der Waals surface area (Å²) in [5, 5.41) is 21.4. The molecule has 0 aliphatic rings. The van der Waals surface area contributed by atoms with Gasteiger partial charge >= 0.3 is 71.1 Å². The molecule has 0 aromatic heterocycles. The van der Waals surface area contributed by atoms with Gasteiger partial charge in [-0.25, -0.2) is 9.59 Å². The van der Waals surface area contributed by atoms with E-state index in [2.05, 4.69) is 12.2 Å². The summed E-state index contributed by atoms with van der Waals surface area (Å²) in [7, 11) is 0. The van der Waals surface area contributed by atoms with Crippen LogP contribution in [0.15, 0.2) is 18.2 Å². The van der Waals surface area contributed by atoms with Crippen LogP contribution in [-0.2, 0) is 0 Å². The molecule has 3 N–H and O–H groups in total. The Morgan fingerprint density at radius 3 is 1.74 bits per heavy atom. The van der Waals surface area contributed by atoms with Crippen LogP contribution in [0.4, 0.5) is 5.69 Å². The third-order valence-corrected chi connectivity index (χ3v) is 4.33. The zero-order valence-corrected chi connectivity index (χ0v) is 15.4. The van der Waals surface area contributed by atoms with Gasteiger partial charge in [0.05, 0.1) is 11.1 Å². The number of unbranched alkanes of at least 4 members (excludes halogenated alkanes) is 7. The van der Waals surface area contributed by atoms with E-state index in [0.29, 0.717) is 5.69 Å². The summed E-state index contributed by atoms with van der Waals surface area (Å²) < 4.78 is 0. The number of carboxylic acids is 2. The molecule has 5 nitrogen and oxygen atoms in total. The van der Waals surface area contributed by atoms with Gasteiger partial charge in [0.1, 0.15) is 0 Å². The molecule has 0 fully saturated rings. The number of aromatic carboxylic acids is 2. The zero-order valence-electron chi connectivity index (χ0n) is 15.4. The van der Waals surface area contributed by atoms with Gasteiger partial charge in [0.2, 0.25) is 0 Å². The number of nitrogens with one attached hydrogen (secondary N) is 1. The molecule has 0 saturated heterocycles. The van der Waals surface area contributed by atoms with E-state index in [4.69, 9.17) is 10.2 Å². The minimum absolute atomic E-state index is 0. The fraction of sp³-hybridized carbons (Fsp3) is 0.600. The van der Waals surface area contributed by atoms with Crippen LogP contribution in [0.25, 0.3) is 0 Å². The summed E-state index contributed by atoms with van der Waals surface area (Å²) in [6.45, 7) is 4.26. The molecule has 1 atom stereocenters. The minimum atomic E-state index is -1.12. The molecule has 1 aromatic carbocycles. The molecule has 27 heavy (non-hydrogen) atoms. The number of carboxylic acid groups (broad SMARTS) is 2. The Bertz CT molecular complexity index is 535. The zero-order chi connectivity index (χ0) is 18.7. The van der Waals surface area contributed by atoms with E-state index in [0.717, 1.165) is 12.8 Å². The molecule has 0 heterocycles. The summed E-state index contributed by atoms with van der Waals surface area (Å²) in [5.41, 5.74) is 0.521. The van der Waals surface area contributed by atoms with Crippen molar-refractivity contribution in [2.75, 3.05) is 5.32 Å². The number of benzene rings is 1. The standard InChI is InChI=1S/C20H31NO4.2Na.2H/c1-3-4-5-6-7-8-9-10-11-15(2)21-18-13-16(19(22)23)12-17(14-18)20(24)25;;;;/h12-15,21H,3-11H2,1-2H3,(H,22,23)(H,24,25);;;;. The van der Waals surface area contributed by atoms with Crippen LogP contribution in [-0.4, -0.2) is 87.3 Å². The van der Waals surface area contributed by atoms with Crippen LogP contribution in [0.2, 0.25) is 0 Å². The maximum absolute atomic E-state index is 11.1. The van der Waals surface area contributed by atoms with Crippen LogP contribution >= 0.6 is 0 Å². The van der Waals surface area contributed by atoms with Gasteiger partial charge in [-0.15, -0.1) is 0 Å². The van der Waals surface area contributed by atoms with Crippen molar-refractivity contribution in [2.45, 2.75) is 77.7 Å². The maximum atomic E-state index is 11.1. The van der Waals surface area contributed by atoms with Crippen molar-refractivity contribution < 1.29 is 19.8 Å². The average molecular weight is 397 g/mol. The van der Waals surface area contributed by atoms with Crippen LogP contribution in [0.3, 0.4) is 0 Å². The molecule has 0 radical (unpaired) electrons. The van der Waals surface area contributed by atoms with E-state index < -0.39 is 11.9 Å². The number of carbonyl (C=O) groups is 2. The van der Waals surface area contributed by atoms with Crippen molar-refractivity contribution >= 4 is 76.7 Å². The van der Waals surface area contributed by atoms with Gasteiger partial charge in [-0.2, -0.15) is 0 Å². The molecule has 144 valence electrons. The summed E-state index contributed by atoms with van der Waals surface area (Å²) in [5.74, 6) is -2.25. The van der Waals surface area contributed by atoms with E-state index in [9.17, 15) is 9.59 Å². The van der Waals surface area contributed by atoms with E-state index >= 15 is 0 Å². The Labute approximate surface area is 207 Å². The second-order valence-corrected chi connectivity index (χ2v) is 6.72. The number of anilines is 1. The Hall–Kier alpha value is -0.0400. The third kappa shape index (κ3) is 12.9. The van der Waals surface area contributed by atoms with Gasteiger partial charge in [0, 0.05) is 11.7 Å². The Kier molecular flexibility index (Phi) is 18.2. The molecule has 7 heteroatoms. The van der Waals surface area contributed by atoms with Gasteiger partial charge in [0.25, 0.3) is 0 Å². The Balaban J connectivity index is 0. The average Bonchev–Trinajstić information content (AvgIpc) is 2.56. The number of rotatable bonds is 13. The van der Waals surface area contributed by atoms with Gasteiger partial charge < -0.3 is 15.5 Å². The molecular formula is C20H33NNa2O4. The van der Waals surface area contributed by atoms with Crippen LogP contribution in [0.1, 0.15) is 92.4 Å². The predicted octanol–water partition coefficient (Wildman–Crippen LogP) is 4.12. The van der Waals surface area contributed by atoms with Gasteiger partial charge in [0.15, 0.2) is 0 Å². The van der Waals surface area contributed by atoms with Crippen LogP contribution < -0.4 is 5.32 Å². The molecule has 0 aliphatic carbocycles. The molecule has 1 rings (SSSR count). The molecule has 0 spiro atoms. The predicted molar refractivity (Wildman–Crippen MR) is 115 cm³/mol. The van der Waals surface area contributed by atoms with Crippen molar-refractivity contribution in [1.82, 2.24) is 0 Å². The van der Waals surface area contributed by atoms with E-state index in [1.165, 1.54) is 63.1 Å². The van der Waals surface area contributed by atoms with E-state index in [-0.39, 0.29) is 76.3 Å². The van der Waals surface area contributed by atoms with Gasteiger partial charge in [-0.05, 0) is 31.5 Å². The van der Waals surface area contributed by atoms with Crippen LogP contribution in [0.5, 0.6) is 0 Å². The first-order chi connectivity index (χ1) is 11.9. The Morgan fingerprint density at radius 2 is 1.30 bits per heavy atom. The Morgan fingerprint density at radius 1 is 0.852 bits per heavy atom. The van der Waals surface area contributed by atoms with E-state index in [1.807, 2.05) is 6.92 Å². The molecule has 1 aromatic rings. The van der Waals surface area contributed by atoms with Crippen molar-refractivity contribution in [2.24, 2.45) is 0 Å². The fourth-order valence-corrected chi connectivity index (χ4v) is 2.90. The van der Waals surface area contributed by atoms with Crippen molar-refractivity contribution in [3.63, 3.8) is 0 Å². The topological polar surface area (TPSA) is 86.6 Å². The summed E-state index contributed by atoms with van der Waals surface area (Å²) in [6, 6.07) is 4.32. The third-order valence-electron chi connectivity index (χ3n) is 4.33. The quantitative estimate of drug-likeness (QED) is 0.344. The second kappa shape index (κ2) is 16.9. The first kappa shape index (κ1) is 29.2. The summed E-state index contributed by atoms with van der Waals surface area (Å²) in [4.78, 5) is 22.3. The van der Waals surface area contributed by atoms with E-state index in [1.54, 1.807) is 0 Å². The molecular weight excluding hydrogens is 364 g/mol. The normalized spacial score (nSPS) is 11.0. The second-order valence-electron chi connectivity index (χ2n) is 6.72. The van der Waals surface area contributed by atoms with Gasteiger partial charge in [-0.3, -0.25) is 0 Å². The molecule has 1 unspecified atom stereocenters. The van der Waals surface area contributed by atoms with Crippen LogP contribution in [0, 0.1) is 0 Å². The summed E-state index contributed by atoms with van der Waals surface area (Å²) >= 11 is 0. The summed E-state index contributed by atoms with van der Waals surface area (Å²) in [6.07, 6.45) is 11.1. The first-order valence-electron chi connectivity index (χ1n) is 9.32. The monoisotopic (exact) mass is 397 g/mol. The SMILES string of the molecule is CCCCCCCCCCC(C)Nc1cc(C(=O)O)cc(C(=O)O)c1.[NaH].[NaH]. The number of hydrogen-bond acceptors (Lipinski definition) is 3. The van der Waals surface area contributed by atoms with Crippen molar-refractivity contribution in [1.29, 1.82) is 0 Å². The molecule has 0 saturated carbocycles. The van der Waals surface area contributed by atoms with Gasteiger partial charge in [-0.1, -0.05) is 58.3 Å². The number of hydrogen-bond donors (Lipinski definition) is 3. The first-order valence-corrected chi connectivity index (χ1v) is 9.32.